The molecule has 0 aliphatic heterocycles. The van der Waals surface area contributed by atoms with Crippen molar-refractivity contribution < 1.29 is 19.4 Å². The summed E-state index contributed by atoms with van der Waals surface area (Å²) in [4.78, 5) is 25.1. The van der Waals surface area contributed by atoms with Crippen molar-refractivity contribution in [3.8, 4) is 0 Å². The summed E-state index contributed by atoms with van der Waals surface area (Å²) in [5.74, 6) is -0.0671. The van der Waals surface area contributed by atoms with Crippen LogP contribution in [0.1, 0.15) is 66.4 Å². The molecule has 0 bridgehead atoms. The lowest BCUT2D eigenvalue weighted by Crippen LogP contribution is -2.53. The second kappa shape index (κ2) is 11.1. The minimum absolute atomic E-state index is 0.00546. The van der Waals surface area contributed by atoms with E-state index in [1.807, 2.05) is 51.1 Å². The SMILES string of the molecule is CC(C)(C)NC(=O)[C@@H]1CCC[C@H]1NC[C@H](O)[C@H](Cc1ccccc1)NC(=O)OC(C)(C)C. The molecule has 1 aromatic rings. The summed E-state index contributed by atoms with van der Waals surface area (Å²) in [6, 6.07) is 9.21. The molecule has 0 radical (unpaired) electrons. The third kappa shape index (κ3) is 9.17. The fourth-order valence-corrected chi connectivity index (χ4v) is 4.01. The third-order valence-electron chi connectivity index (χ3n) is 5.41. The summed E-state index contributed by atoms with van der Waals surface area (Å²) in [6.07, 6.45) is 1.77. The van der Waals surface area contributed by atoms with E-state index in [-0.39, 0.29) is 30.0 Å². The van der Waals surface area contributed by atoms with Crippen molar-refractivity contribution >= 4 is 12.0 Å². The molecule has 4 atom stereocenters. The highest BCUT2D eigenvalue weighted by Gasteiger charge is 2.35. The van der Waals surface area contributed by atoms with E-state index in [2.05, 4.69) is 16.0 Å². The van der Waals surface area contributed by atoms with Crippen LogP contribution in [0.25, 0.3) is 0 Å². The number of aliphatic hydroxyl groups is 1. The molecule has 7 nitrogen and oxygen atoms in total. The Bertz CT molecular complexity index is 740. The lowest BCUT2D eigenvalue weighted by molar-refractivity contribution is -0.126. The van der Waals surface area contributed by atoms with E-state index >= 15 is 0 Å². The van der Waals surface area contributed by atoms with Crippen molar-refractivity contribution in [2.45, 2.75) is 96.6 Å². The molecule has 4 N–H and O–H groups in total. The van der Waals surface area contributed by atoms with Crippen LogP contribution in [0.3, 0.4) is 0 Å². The van der Waals surface area contributed by atoms with E-state index in [1.165, 1.54) is 0 Å². The van der Waals surface area contributed by atoms with E-state index in [1.54, 1.807) is 20.8 Å². The van der Waals surface area contributed by atoms with Crippen molar-refractivity contribution in [2.75, 3.05) is 6.54 Å². The normalized spacial score (nSPS) is 21.0. The van der Waals surface area contributed by atoms with Gasteiger partial charge in [0.15, 0.2) is 0 Å². The van der Waals surface area contributed by atoms with Gasteiger partial charge >= 0.3 is 6.09 Å². The minimum atomic E-state index is -0.838. The number of amides is 2. The molecule has 7 heteroatoms. The standard InChI is InChI=1S/C25H41N3O4/c1-24(2,3)28-22(30)18-13-10-14-19(18)26-16-21(29)20(15-17-11-8-7-9-12-17)27-23(31)32-25(4,5)6/h7-9,11-12,18-21,26,29H,10,13-16H2,1-6H3,(H,27,31)(H,28,30)/t18-,19-,20+,21+/m1/s1. The Kier molecular flexibility index (Phi) is 9.10. The van der Waals surface area contributed by atoms with Crippen molar-refractivity contribution in [3.05, 3.63) is 35.9 Å². The maximum Gasteiger partial charge on any atom is 0.407 e. The van der Waals surface area contributed by atoms with E-state index in [0.29, 0.717) is 6.42 Å². The van der Waals surface area contributed by atoms with E-state index < -0.39 is 23.8 Å². The molecule has 1 aliphatic rings. The summed E-state index contributed by atoms with van der Waals surface area (Å²) in [6.45, 7) is 11.6. The summed E-state index contributed by atoms with van der Waals surface area (Å²) < 4.78 is 5.39. The first kappa shape index (κ1) is 26.1. The Balaban J connectivity index is 2.01. The predicted octanol–water partition coefficient (Wildman–Crippen LogP) is 3.16. The molecule has 2 amide bonds. The van der Waals surface area contributed by atoms with Crippen LogP contribution < -0.4 is 16.0 Å². The number of nitrogens with one attached hydrogen (secondary N) is 3. The van der Waals surface area contributed by atoms with Gasteiger partial charge in [0.05, 0.1) is 18.1 Å². The summed E-state index contributed by atoms with van der Waals surface area (Å²) >= 11 is 0. The van der Waals surface area contributed by atoms with Gasteiger partial charge in [-0.1, -0.05) is 36.8 Å². The molecule has 180 valence electrons. The van der Waals surface area contributed by atoms with Crippen LogP contribution in [0.15, 0.2) is 30.3 Å². The molecule has 0 unspecified atom stereocenters. The molecule has 1 saturated carbocycles. The molecule has 1 fully saturated rings. The van der Waals surface area contributed by atoms with E-state index in [9.17, 15) is 14.7 Å². The van der Waals surface area contributed by atoms with Gasteiger partial charge in [0.25, 0.3) is 0 Å². The van der Waals surface area contributed by atoms with Crippen LogP contribution in [0.5, 0.6) is 0 Å². The predicted molar refractivity (Wildman–Crippen MR) is 126 cm³/mol. The average molecular weight is 448 g/mol. The molecule has 0 heterocycles. The monoisotopic (exact) mass is 447 g/mol. The van der Waals surface area contributed by atoms with Gasteiger partial charge in [0.1, 0.15) is 5.60 Å². The van der Waals surface area contributed by atoms with Crippen molar-refractivity contribution in [1.82, 2.24) is 16.0 Å². The van der Waals surface area contributed by atoms with Gasteiger partial charge in [-0.3, -0.25) is 4.79 Å². The number of rotatable bonds is 8. The summed E-state index contributed by atoms with van der Waals surface area (Å²) in [5, 5.41) is 20.2. The highest BCUT2D eigenvalue weighted by Crippen LogP contribution is 2.26. The Hall–Kier alpha value is -2.12. The van der Waals surface area contributed by atoms with Gasteiger partial charge in [-0.15, -0.1) is 0 Å². The number of carbonyl (C=O) groups is 2. The first-order valence-corrected chi connectivity index (χ1v) is 11.6. The van der Waals surface area contributed by atoms with Gasteiger partial charge in [-0.25, -0.2) is 4.79 Å². The van der Waals surface area contributed by atoms with E-state index in [4.69, 9.17) is 4.74 Å². The number of carbonyl (C=O) groups excluding carboxylic acids is 2. The van der Waals surface area contributed by atoms with Gasteiger partial charge < -0.3 is 25.8 Å². The second-order valence-corrected chi connectivity index (χ2v) is 10.8. The Morgan fingerprint density at radius 3 is 2.34 bits per heavy atom. The maximum absolute atomic E-state index is 12.7. The quantitative estimate of drug-likeness (QED) is 0.491. The maximum atomic E-state index is 12.7. The zero-order valence-electron chi connectivity index (χ0n) is 20.4. The number of aliphatic hydroxyl groups excluding tert-OH is 1. The average Bonchev–Trinajstić information content (AvgIpc) is 3.12. The second-order valence-electron chi connectivity index (χ2n) is 10.8. The first-order chi connectivity index (χ1) is 14.8. The van der Waals surface area contributed by atoms with Gasteiger partial charge in [-0.2, -0.15) is 0 Å². The molecule has 0 spiro atoms. The molecule has 2 rings (SSSR count). The lowest BCUT2D eigenvalue weighted by Gasteiger charge is -2.29. The molecule has 1 aliphatic carbocycles. The minimum Gasteiger partial charge on any atom is -0.444 e. The van der Waals surface area contributed by atoms with Gasteiger partial charge in [0.2, 0.25) is 5.91 Å². The third-order valence-corrected chi connectivity index (χ3v) is 5.41. The van der Waals surface area contributed by atoms with Crippen LogP contribution in [0.2, 0.25) is 0 Å². The topological polar surface area (TPSA) is 99.7 Å². The number of ether oxygens (including phenoxy) is 1. The van der Waals surface area contributed by atoms with Crippen molar-refractivity contribution in [3.63, 3.8) is 0 Å². The molecular weight excluding hydrogens is 406 g/mol. The smallest absolute Gasteiger partial charge is 0.407 e. The van der Waals surface area contributed by atoms with Crippen LogP contribution >= 0.6 is 0 Å². The summed E-state index contributed by atoms with van der Waals surface area (Å²) in [7, 11) is 0. The summed E-state index contributed by atoms with van der Waals surface area (Å²) in [5.41, 5.74) is 0.111. The van der Waals surface area contributed by atoms with Crippen LogP contribution in [-0.2, 0) is 16.0 Å². The van der Waals surface area contributed by atoms with Crippen LogP contribution in [0, 0.1) is 5.92 Å². The highest BCUT2D eigenvalue weighted by molar-refractivity contribution is 5.80. The Morgan fingerprint density at radius 2 is 1.75 bits per heavy atom. The fraction of sp³-hybridized carbons (Fsp3) is 0.680. The Morgan fingerprint density at radius 1 is 1.09 bits per heavy atom. The van der Waals surface area contributed by atoms with E-state index in [0.717, 1.165) is 24.8 Å². The van der Waals surface area contributed by atoms with Crippen LogP contribution in [-0.4, -0.2) is 53.0 Å². The lowest BCUT2D eigenvalue weighted by atomic mass is 9.98. The number of alkyl carbamates (subject to hydrolysis) is 1. The molecule has 1 aromatic carbocycles. The highest BCUT2D eigenvalue weighted by atomic mass is 16.6. The molecule has 0 aromatic heterocycles. The van der Waals surface area contributed by atoms with Gasteiger partial charge in [0, 0.05) is 18.1 Å². The Labute approximate surface area is 192 Å². The zero-order valence-corrected chi connectivity index (χ0v) is 20.4. The van der Waals surface area contributed by atoms with Crippen molar-refractivity contribution in [1.29, 1.82) is 0 Å². The first-order valence-electron chi connectivity index (χ1n) is 11.6. The zero-order chi connectivity index (χ0) is 23.9. The van der Waals surface area contributed by atoms with Gasteiger partial charge in [-0.05, 0) is 66.4 Å². The number of hydrogen-bond acceptors (Lipinski definition) is 5. The van der Waals surface area contributed by atoms with Crippen molar-refractivity contribution in [2.24, 2.45) is 5.92 Å². The number of benzene rings is 1. The largest absolute Gasteiger partial charge is 0.444 e. The molecular formula is C25H41N3O4. The van der Waals surface area contributed by atoms with Crippen LogP contribution in [0.4, 0.5) is 4.79 Å². The fourth-order valence-electron chi connectivity index (χ4n) is 4.01. The molecule has 32 heavy (non-hydrogen) atoms. The molecule has 0 saturated heterocycles. The number of hydrogen-bond donors (Lipinski definition) is 4.